The molecule has 0 bridgehead atoms. The minimum absolute atomic E-state index is 0.271. The van der Waals surface area contributed by atoms with Gasteiger partial charge in [-0.05, 0) is 50.4 Å². The molecule has 4 rings (SSSR count). The highest BCUT2D eigenvalue weighted by atomic mass is 15.4. The Morgan fingerprint density at radius 1 is 1.20 bits per heavy atom. The molecule has 1 aromatic rings. The molecular formula is C19H24N6. The van der Waals surface area contributed by atoms with Crippen LogP contribution in [0.4, 0.5) is 0 Å². The fraction of sp³-hybridized carbons (Fsp3) is 0.474. The van der Waals surface area contributed by atoms with Crippen molar-refractivity contribution in [3.05, 3.63) is 35.4 Å². The van der Waals surface area contributed by atoms with Gasteiger partial charge in [0.25, 0.3) is 5.79 Å². The van der Waals surface area contributed by atoms with E-state index in [1.54, 1.807) is 18.9 Å². The summed E-state index contributed by atoms with van der Waals surface area (Å²) >= 11 is 0. The maximum absolute atomic E-state index is 4.53. The van der Waals surface area contributed by atoms with E-state index in [4.69, 9.17) is 0 Å². The average molecular weight is 336 g/mol. The molecule has 130 valence electrons. The van der Waals surface area contributed by atoms with Crippen molar-refractivity contribution in [1.82, 2.24) is 10.2 Å². The molecule has 0 aromatic heterocycles. The van der Waals surface area contributed by atoms with Crippen LogP contribution in [0.25, 0.3) is 0 Å². The van der Waals surface area contributed by atoms with Gasteiger partial charge in [0.2, 0.25) is 0 Å². The van der Waals surface area contributed by atoms with E-state index in [1.165, 1.54) is 17.5 Å². The van der Waals surface area contributed by atoms with Gasteiger partial charge in [-0.3, -0.25) is 5.32 Å². The standard InChI is InChI=1S/C19H24N6/c1-25(2)11-17(16-8-7-14-5-3-4-6-15(14)9-16)24-19-18(21-13-23-19)10-20-12-22-19/h3-6,10,12-13,16-17,24H,7-9,11H2,1-2H3. The second kappa shape index (κ2) is 6.61. The molecule has 0 radical (unpaired) electrons. The lowest BCUT2D eigenvalue weighted by Gasteiger charge is -2.38. The maximum Gasteiger partial charge on any atom is 0.253 e. The molecule has 2 aliphatic heterocycles. The Morgan fingerprint density at radius 2 is 2.00 bits per heavy atom. The van der Waals surface area contributed by atoms with E-state index in [0.717, 1.165) is 25.1 Å². The number of fused-ring (bicyclic) bond motifs is 2. The van der Waals surface area contributed by atoms with E-state index in [0.29, 0.717) is 5.92 Å². The molecule has 25 heavy (non-hydrogen) atoms. The van der Waals surface area contributed by atoms with Crippen molar-refractivity contribution < 1.29 is 0 Å². The zero-order chi connectivity index (χ0) is 17.3. The predicted molar refractivity (Wildman–Crippen MR) is 103 cm³/mol. The Hall–Kier alpha value is -2.18. The van der Waals surface area contributed by atoms with Crippen LogP contribution in [0.1, 0.15) is 17.5 Å². The van der Waals surface area contributed by atoms with Crippen LogP contribution in [0.3, 0.4) is 0 Å². The molecule has 0 fully saturated rings. The second-order valence-electron chi connectivity index (χ2n) is 7.24. The maximum atomic E-state index is 4.53. The lowest BCUT2D eigenvalue weighted by molar-refractivity contribution is 0.223. The number of likely N-dealkylation sites (N-methyl/N-ethyl adjacent to an activating group) is 1. The molecule has 0 saturated carbocycles. The van der Waals surface area contributed by atoms with Crippen LogP contribution in [0.15, 0.2) is 44.2 Å². The van der Waals surface area contributed by atoms with E-state index in [-0.39, 0.29) is 6.04 Å². The predicted octanol–water partition coefficient (Wildman–Crippen LogP) is 1.56. The van der Waals surface area contributed by atoms with Gasteiger partial charge >= 0.3 is 0 Å². The highest BCUT2D eigenvalue weighted by Crippen LogP contribution is 2.30. The number of aliphatic imine (C=N–C) groups is 4. The first-order chi connectivity index (χ1) is 12.2. The first-order valence-electron chi connectivity index (χ1n) is 8.84. The first-order valence-corrected chi connectivity index (χ1v) is 8.84. The second-order valence-corrected chi connectivity index (χ2v) is 7.24. The van der Waals surface area contributed by atoms with Gasteiger partial charge in [-0.15, -0.1) is 0 Å². The minimum atomic E-state index is -0.792. The summed E-state index contributed by atoms with van der Waals surface area (Å²) in [5.41, 5.74) is 3.73. The molecule has 1 N–H and O–H groups in total. The Morgan fingerprint density at radius 3 is 2.84 bits per heavy atom. The highest BCUT2D eigenvalue weighted by Gasteiger charge is 2.41. The summed E-state index contributed by atoms with van der Waals surface area (Å²) in [4.78, 5) is 19.7. The summed E-state index contributed by atoms with van der Waals surface area (Å²) in [7, 11) is 4.23. The van der Waals surface area contributed by atoms with Crippen molar-refractivity contribution in [3.8, 4) is 0 Å². The molecule has 3 unspecified atom stereocenters. The van der Waals surface area contributed by atoms with Gasteiger partial charge in [-0.2, -0.15) is 0 Å². The Balaban J connectivity index is 1.57. The number of aryl methyl sites for hydroxylation is 1. The number of nitrogens with one attached hydrogen (secondary N) is 1. The molecule has 1 aliphatic carbocycles. The SMILES string of the molecule is CN(C)CC(NC12N=CN=CC1=NC=N2)C1CCc2ccccc2C1. The van der Waals surface area contributed by atoms with E-state index in [1.807, 2.05) is 0 Å². The van der Waals surface area contributed by atoms with Gasteiger partial charge < -0.3 is 4.90 Å². The lowest BCUT2D eigenvalue weighted by Crippen LogP contribution is -2.58. The summed E-state index contributed by atoms with van der Waals surface area (Å²) in [6.45, 7) is 0.935. The van der Waals surface area contributed by atoms with Gasteiger partial charge in [0.15, 0.2) is 0 Å². The molecular weight excluding hydrogens is 312 g/mol. The third-order valence-corrected chi connectivity index (χ3v) is 5.21. The van der Waals surface area contributed by atoms with E-state index in [2.05, 4.69) is 68.5 Å². The molecule has 0 amide bonds. The monoisotopic (exact) mass is 336 g/mol. The topological polar surface area (TPSA) is 64.7 Å². The quantitative estimate of drug-likeness (QED) is 0.887. The highest BCUT2D eigenvalue weighted by molar-refractivity contribution is 6.39. The van der Waals surface area contributed by atoms with Gasteiger partial charge in [0.05, 0.1) is 6.21 Å². The fourth-order valence-corrected chi connectivity index (χ4v) is 3.96. The van der Waals surface area contributed by atoms with E-state index < -0.39 is 5.79 Å². The minimum Gasteiger partial charge on any atom is -0.308 e. The summed E-state index contributed by atoms with van der Waals surface area (Å²) in [5.74, 6) is -0.253. The van der Waals surface area contributed by atoms with Crippen LogP contribution in [-0.2, 0) is 12.8 Å². The van der Waals surface area contributed by atoms with Crippen LogP contribution in [-0.4, -0.2) is 62.0 Å². The molecule has 3 atom stereocenters. The molecule has 6 heteroatoms. The summed E-state index contributed by atoms with van der Waals surface area (Å²) in [6.07, 6.45) is 8.29. The zero-order valence-electron chi connectivity index (χ0n) is 14.8. The van der Waals surface area contributed by atoms with Gasteiger partial charge in [0.1, 0.15) is 18.4 Å². The van der Waals surface area contributed by atoms with Crippen LogP contribution in [0.5, 0.6) is 0 Å². The Bertz CT molecular complexity index is 763. The number of hydrogen-bond donors (Lipinski definition) is 1. The fourth-order valence-electron chi connectivity index (χ4n) is 3.96. The molecule has 2 heterocycles. The first kappa shape index (κ1) is 16.3. The zero-order valence-corrected chi connectivity index (χ0v) is 14.8. The molecule has 1 aromatic carbocycles. The Labute approximate surface area is 148 Å². The molecule has 3 aliphatic rings. The molecule has 0 saturated heterocycles. The summed E-state index contributed by atoms with van der Waals surface area (Å²) in [6, 6.07) is 9.07. The van der Waals surface area contributed by atoms with Crippen molar-refractivity contribution in [1.29, 1.82) is 0 Å². The Kier molecular flexibility index (Phi) is 4.31. The number of nitrogens with zero attached hydrogens (tertiary/aromatic N) is 5. The summed E-state index contributed by atoms with van der Waals surface area (Å²) in [5, 5.41) is 3.70. The van der Waals surface area contributed by atoms with Gasteiger partial charge in [-0.1, -0.05) is 24.3 Å². The van der Waals surface area contributed by atoms with Gasteiger partial charge in [0, 0.05) is 12.6 Å². The van der Waals surface area contributed by atoms with Crippen LogP contribution in [0.2, 0.25) is 0 Å². The van der Waals surface area contributed by atoms with E-state index in [9.17, 15) is 0 Å². The van der Waals surface area contributed by atoms with E-state index >= 15 is 0 Å². The number of rotatable bonds is 5. The van der Waals surface area contributed by atoms with Crippen molar-refractivity contribution in [3.63, 3.8) is 0 Å². The number of hydrogen-bond acceptors (Lipinski definition) is 6. The molecule has 6 nitrogen and oxygen atoms in total. The number of benzene rings is 1. The van der Waals surface area contributed by atoms with Crippen molar-refractivity contribution in [2.24, 2.45) is 25.9 Å². The van der Waals surface area contributed by atoms with Crippen molar-refractivity contribution in [2.45, 2.75) is 31.1 Å². The summed E-state index contributed by atoms with van der Waals surface area (Å²) < 4.78 is 0. The van der Waals surface area contributed by atoms with Crippen LogP contribution in [0, 0.1) is 5.92 Å². The van der Waals surface area contributed by atoms with Crippen LogP contribution >= 0.6 is 0 Å². The molecule has 0 spiro atoms. The third kappa shape index (κ3) is 3.19. The van der Waals surface area contributed by atoms with Gasteiger partial charge in [-0.25, -0.2) is 20.0 Å². The smallest absolute Gasteiger partial charge is 0.253 e. The normalized spacial score (nSPS) is 28.0. The van der Waals surface area contributed by atoms with Crippen molar-refractivity contribution in [2.75, 3.05) is 20.6 Å². The third-order valence-electron chi connectivity index (χ3n) is 5.21. The average Bonchev–Trinajstić information content (AvgIpc) is 3.04. The van der Waals surface area contributed by atoms with Crippen LogP contribution < -0.4 is 5.32 Å². The largest absolute Gasteiger partial charge is 0.308 e. The lowest BCUT2D eigenvalue weighted by atomic mass is 9.79. The van der Waals surface area contributed by atoms with Crippen molar-refractivity contribution >= 4 is 24.6 Å².